The number of esters is 1. The van der Waals surface area contributed by atoms with E-state index >= 15 is 0 Å². The molecule has 8 nitrogen and oxygen atoms in total. The number of aromatic nitrogens is 3. The lowest BCUT2D eigenvalue weighted by Crippen LogP contribution is -2.22. The van der Waals surface area contributed by atoms with Gasteiger partial charge in [-0.1, -0.05) is 27.7 Å². The number of carbonyl (C=O) groups is 2. The predicted molar refractivity (Wildman–Crippen MR) is 108 cm³/mol. The zero-order valence-electron chi connectivity index (χ0n) is 15.2. The summed E-state index contributed by atoms with van der Waals surface area (Å²) in [5.74, 6) is -0.764. The number of anilines is 1. The van der Waals surface area contributed by atoms with Crippen molar-refractivity contribution in [3.63, 3.8) is 0 Å². The standard InChI is InChI=1S/C18H16BrFN4O4S/c1-2-24-17(14-4-3-7-27-14)22-23-18(24)29-10-16(26)28-9-15(25)21-13-6-5-11(19)8-12(13)20/h3-8H,2,9-10H2,1H3,(H,21,25). The molecule has 1 N–H and O–H groups in total. The van der Waals surface area contributed by atoms with Crippen molar-refractivity contribution in [3.05, 3.63) is 46.9 Å². The number of nitrogens with one attached hydrogen (secondary N) is 1. The van der Waals surface area contributed by atoms with Crippen LogP contribution in [0.1, 0.15) is 6.92 Å². The van der Waals surface area contributed by atoms with Crippen LogP contribution in [-0.2, 0) is 20.9 Å². The molecule has 2 heterocycles. The van der Waals surface area contributed by atoms with Crippen molar-refractivity contribution in [3.8, 4) is 11.6 Å². The molecule has 3 rings (SSSR count). The summed E-state index contributed by atoms with van der Waals surface area (Å²) < 4.78 is 26.3. The molecule has 0 fully saturated rings. The van der Waals surface area contributed by atoms with Gasteiger partial charge in [-0.15, -0.1) is 10.2 Å². The highest BCUT2D eigenvalue weighted by atomic mass is 79.9. The van der Waals surface area contributed by atoms with Gasteiger partial charge in [0.2, 0.25) is 0 Å². The van der Waals surface area contributed by atoms with Crippen molar-refractivity contribution < 1.29 is 23.1 Å². The first-order valence-electron chi connectivity index (χ1n) is 8.48. The number of benzene rings is 1. The van der Waals surface area contributed by atoms with Gasteiger partial charge >= 0.3 is 5.97 Å². The van der Waals surface area contributed by atoms with Crippen molar-refractivity contribution in [2.45, 2.75) is 18.6 Å². The third-order valence-corrected chi connectivity index (χ3v) is 5.10. The molecule has 0 aliphatic rings. The number of hydrogen-bond donors (Lipinski definition) is 1. The van der Waals surface area contributed by atoms with Gasteiger partial charge in [-0.2, -0.15) is 0 Å². The first kappa shape index (κ1) is 21.1. The largest absolute Gasteiger partial charge is 0.461 e. The van der Waals surface area contributed by atoms with Crippen LogP contribution in [0, 0.1) is 5.82 Å². The summed E-state index contributed by atoms with van der Waals surface area (Å²) in [6, 6.07) is 7.73. The molecule has 11 heteroatoms. The summed E-state index contributed by atoms with van der Waals surface area (Å²) in [7, 11) is 0. The zero-order valence-corrected chi connectivity index (χ0v) is 17.6. The van der Waals surface area contributed by atoms with Crippen LogP contribution in [0.3, 0.4) is 0 Å². The molecule has 29 heavy (non-hydrogen) atoms. The van der Waals surface area contributed by atoms with Crippen molar-refractivity contribution in [2.75, 3.05) is 17.7 Å². The third-order valence-electron chi connectivity index (χ3n) is 3.66. The van der Waals surface area contributed by atoms with Crippen LogP contribution in [0.4, 0.5) is 10.1 Å². The molecular weight excluding hydrogens is 467 g/mol. The molecule has 3 aromatic rings. The fourth-order valence-electron chi connectivity index (χ4n) is 2.36. The molecule has 0 radical (unpaired) electrons. The zero-order chi connectivity index (χ0) is 20.8. The number of furan rings is 1. The highest BCUT2D eigenvalue weighted by Gasteiger charge is 2.17. The highest BCUT2D eigenvalue weighted by Crippen LogP contribution is 2.24. The van der Waals surface area contributed by atoms with Crippen LogP contribution in [0.2, 0.25) is 0 Å². The van der Waals surface area contributed by atoms with Gasteiger partial charge in [-0.3, -0.25) is 14.2 Å². The van der Waals surface area contributed by atoms with Crippen LogP contribution in [0.15, 0.2) is 50.6 Å². The smallest absolute Gasteiger partial charge is 0.316 e. The van der Waals surface area contributed by atoms with Crippen LogP contribution in [-0.4, -0.2) is 39.0 Å². The van der Waals surface area contributed by atoms with Crippen molar-refractivity contribution >= 4 is 45.3 Å². The summed E-state index contributed by atoms with van der Waals surface area (Å²) in [4.78, 5) is 23.8. The molecule has 2 aromatic heterocycles. The van der Waals surface area contributed by atoms with E-state index in [1.165, 1.54) is 12.1 Å². The van der Waals surface area contributed by atoms with E-state index in [1.807, 2.05) is 6.92 Å². The van der Waals surface area contributed by atoms with Crippen LogP contribution >= 0.6 is 27.7 Å². The number of amides is 1. The van der Waals surface area contributed by atoms with E-state index in [0.717, 1.165) is 11.8 Å². The summed E-state index contributed by atoms with van der Waals surface area (Å²) in [5, 5.41) is 11.0. The molecular formula is C18H16BrFN4O4S. The van der Waals surface area contributed by atoms with Gasteiger partial charge in [0, 0.05) is 11.0 Å². The lowest BCUT2D eigenvalue weighted by Gasteiger charge is -2.08. The van der Waals surface area contributed by atoms with Gasteiger partial charge in [0.25, 0.3) is 5.91 Å². The Balaban J connectivity index is 1.49. The van der Waals surface area contributed by atoms with Crippen molar-refractivity contribution in [1.29, 1.82) is 0 Å². The third kappa shape index (κ3) is 5.45. The fraction of sp³-hybridized carbons (Fsp3) is 0.222. The first-order valence-corrected chi connectivity index (χ1v) is 10.3. The summed E-state index contributed by atoms with van der Waals surface area (Å²) in [5.41, 5.74) is 0.00475. The van der Waals surface area contributed by atoms with E-state index in [0.29, 0.717) is 27.8 Å². The number of thioether (sulfide) groups is 1. The monoisotopic (exact) mass is 482 g/mol. The van der Waals surface area contributed by atoms with E-state index in [4.69, 9.17) is 9.15 Å². The Hall–Kier alpha value is -2.66. The van der Waals surface area contributed by atoms with E-state index < -0.39 is 24.3 Å². The maximum atomic E-state index is 13.7. The van der Waals surface area contributed by atoms with Gasteiger partial charge in [0.1, 0.15) is 5.82 Å². The van der Waals surface area contributed by atoms with E-state index in [1.54, 1.807) is 29.0 Å². The minimum absolute atomic E-state index is 0.00475. The van der Waals surface area contributed by atoms with Gasteiger partial charge in [0.15, 0.2) is 23.3 Å². The lowest BCUT2D eigenvalue weighted by atomic mass is 10.3. The molecule has 0 unspecified atom stereocenters. The maximum Gasteiger partial charge on any atom is 0.316 e. The minimum Gasteiger partial charge on any atom is -0.461 e. The lowest BCUT2D eigenvalue weighted by molar-refractivity contribution is -0.144. The summed E-state index contributed by atoms with van der Waals surface area (Å²) >= 11 is 4.26. The Bertz CT molecular complexity index is 1010. The fourth-order valence-corrected chi connectivity index (χ4v) is 3.49. The Kier molecular flexibility index (Phi) is 7.04. The molecule has 0 bridgehead atoms. The Morgan fingerprint density at radius 2 is 2.17 bits per heavy atom. The van der Waals surface area contributed by atoms with Crippen molar-refractivity contribution in [2.24, 2.45) is 0 Å². The number of nitrogens with zero attached hydrogens (tertiary/aromatic N) is 3. The molecule has 1 aromatic carbocycles. The Morgan fingerprint density at radius 1 is 1.34 bits per heavy atom. The second-order valence-corrected chi connectivity index (χ2v) is 7.51. The normalized spacial score (nSPS) is 10.7. The molecule has 0 atom stereocenters. The molecule has 0 saturated heterocycles. The van der Waals surface area contributed by atoms with Gasteiger partial charge < -0.3 is 14.5 Å². The SMILES string of the molecule is CCn1c(SCC(=O)OCC(=O)Nc2ccc(Br)cc2F)nnc1-c1ccco1. The number of carbonyl (C=O) groups excluding carboxylic acids is 2. The summed E-state index contributed by atoms with van der Waals surface area (Å²) in [6.45, 7) is 1.98. The Labute approximate surface area is 177 Å². The van der Waals surface area contributed by atoms with Crippen molar-refractivity contribution in [1.82, 2.24) is 14.8 Å². The number of ether oxygens (including phenoxy) is 1. The predicted octanol–water partition coefficient (Wildman–Crippen LogP) is 3.73. The second kappa shape index (κ2) is 9.70. The Morgan fingerprint density at radius 3 is 2.86 bits per heavy atom. The molecule has 0 saturated carbocycles. The van der Waals surface area contributed by atoms with Crippen LogP contribution in [0.5, 0.6) is 0 Å². The number of halogens is 2. The molecule has 0 spiro atoms. The number of rotatable bonds is 8. The molecule has 152 valence electrons. The van der Waals surface area contributed by atoms with E-state index in [-0.39, 0.29) is 11.4 Å². The average molecular weight is 483 g/mol. The molecule has 0 aliphatic carbocycles. The second-order valence-electron chi connectivity index (χ2n) is 5.65. The topological polar surface area (TPSA) is 99.2 Å². The number of hydrogen-bond acceptors (Lipinski definition) is 7. The van der Waals surface area contributed by atoms with Gasteiger partial charge in [-0.05, 0) is 37.3 Å². The van der Waals surface area contributed by atoms with E-state index in [9.17, 15) is 14.0 Å². The average Bonchev–Trinajstić information content (AvgIpc) is 3.36. The van der Waals surface area contributed by atoms with Crippen LogP contribution in [0.25, 0.3) is 11.6 Å². The quantitative estimate of drug-likeness (QED) is 0.385. The first-order chi connectivity index (χ1) is 14.0. The van der Waals surface area contributed by atoms with Crippen LogP contribution < -0.4 is 5.32 Å². The van der Waals surface area contributed by atoms with Gasteiger partial charge in [-0.25, -0.2) is 4.39 Å². The summed E-state index contributed by atoms with van der Waals surface area (Å²) in [6.07, 6.45) is 1.54. The highest BCUT2D eigenvalue weighted by molar-refractivity contribution is 9.10. The van der Waals surface area contributed by atoms with Gasteiger partial charge in [0.05, 0.1) is 17.7 Å². The molecule has 0 aliphatic heterocycles. The molecule has 1 amide bonds. The van der Waals surface area contributed by atoms with E-state index in [2.05, 4.69) is 31.4 Å². The maximum absolute atomic E-state index is 13.7. The minimum atomic E-state index is -0.638.